The molecule has 0 bridgehead atoms. The van der Waals surface area contributed by atoms with E-state index in [0.29, 0.717) is 6.54 Å². The molecule has 0 aliphatic carbocycles. The molecule has 2 atom stereocenters. The van der Waals surface area contributed by atoms with Crippen LogP contribution in [0, 0.1) is 0 Å². The third-order valence-corrected chi connectivity index (χ3v) is 2.44. The summed E-state index contributed by atoms with van der Waals surface area (Å²) in [4.78, 5) is 13.4. The summed E-state index contributed by atoms with van der Waals surface area (Å²) < 4.78 is 5.27. The zero-order valence-electron chi connectivity index (χ0n) is 9.41. The van der Waals surface area contributed by atoms with Gasteiger partial charge in [0.15, 0.2) is 0 Å². The van der Waals surface area contributed by atoms with Crippen molar-refractivity contribution in [3.05, 3.63) is 0 Å². The van der Waals surface area contributed by atoms with Crippen LogP contribution < -0.4 is 5.73 Å². The number of carbonyl (C=O) groups excluding carboxylic acids is 1. The molecule has 1 saturated heterocycles. The number of ether oxygens (including phenoxy) is 1. The van der Waals surface area contributed by atoms with Crippen LogP contribution in [0.3, 0.4) is 0 Å². The van der Waals surface area contributed by atoms with Gasteiger partial charge in [-0.2, -0.15) is 0 Å². The highest BCUT2D eigenvalue weighted by Gasteiger charge is 2.33. The number of hydrogen-bond acceptors (Lipinski definition) is 3. The van der Waals surface area contributed by atoms with Gasteiger partial charge in [0.25, 0.3) is 0 Å². The molecule has 2 N–H and O–H groups in total. The topological polar surface area (TPSA) is 55.6 Å². The predicted octanol–water partition coefficient (Wildman–Crippen LogP) is 1.34. The fourth-order valence-electron chi connectivity index (χ4n) is 1.54. The van der Waals surface area contributed by atoms with E-state index in [2.05, 4.69) is 0 Å². The molecule has 0 aromatic carbocycles. The van der Waals surface area contributed by atoms with Gasteiger partial charge in [-0.1, -0.05) is 0 Å². The van der Waals surface area contributed by atoms with Crippen LogP contribution in [-0.2, 0) is 4.74 Å². The molecule has 0 radical (unpaired) electrons. The monoisotopic (exact) mass is 200 g/mol. The summed E-state index contributed by atoms with van der Waals surface area (Å²) in [6.45, 7) is 8.27. The van der Waals surface area contributed by atoms with E-state index in [-0.39, 0.29) is 18.2 Å². The maximum Gasteiger partial charge on any atom is 0.410 e. The third kappa shape index (κ3) is 2.61. The van der Waals surface area contributed by atoms with Crippen LogP contribution >= 0.6 is 0 Å². The van der Waals surface area contributed by atoms with Gasteiger partial charge < -0.3 is 15.4 Å². The van der Waals surface area contributed by atoms with Crippen LogP contribution in [0.25, 0.3) is 0 Å². The van der Waals surface area contributed by atoms with Gasteiger partial charge in [0.2, 0.25) is 0 Å². The summed E-state index contributed by atoms with van der Waals surface area (Å²) in [5.41, 5.74) is 5.39. The molecule has 4 heteroatoms. The van der Waals surface area contributed by atoms with E-state index in [1.807, 2.05) is 27.7 Å². The summed E-state index contributed by atoms with van der Waals surface area (Å²) >= 11 is 0. The van der Waals surface area contributed by atoms with Gasteiger partial charge in [-0.15, -0.1) is 0 Å². The number of hydrogen-bond donors (Lipinski definition) is 1. The first-order chi connectivity index (χ1) is 6.31. The number of nitrogens with zero attached hydrogens (tertiary/aromatic N) is 1. The fourth-order valence-corrected chi connectivity index (χ4v) is 1.54. The number of nitrogens with two attached hydrogens (primary N) is 1. The molecule has 1 heterocycles. The van der Waals surface area contributed by atoms with Crippen LogP contribution in [0.5, 0.6) is 0 Å². The Labute approximate surface area is 85.4 Å². The van der Waals surface area contributed by atoms with Gasteiger partial charge in [0, 0.05) is 18.6 Å². The predicted molar refractivity (Wildman–Crippen MR) is 55.0 cm³/mol. The average Bonchev–Trinajstić information content (AvgIpc) is 2.29. The molecule has 1 aliphatic heterocycles. The maximum absolute atomic E-state index is 11.7. The normalized spacial score (nSPS) is 27.9. The Morgan fingerprint density at radius 2 is 2.07 bits per heavy atom. The Kier molecular flexibility index (Phi) is 3.04. The molecule has 0 saturated carbocycles. The fraction of sp³-hybridized carbons (Fsp3) is 0.900. The Bertz CT molecular complexity index is 223. The van der Waals surface area contributed by atoms with Crippen LogP contribution in [0.2, 0.25) is 0 Å². The summed E-state index contributed by atoms with van der Waals surface area (Å²) in [5, 5.41) is 0. The minimum atomic E-state index is -0.427. The Hall–Kier alpha value is -0.770. The van der Waals surface area contributed by atoms with Crippen LogP contribution in [0.1, 0.15) is 34.1 Å². The molecular formula is C10H20N2O2. The van der Waals surface area contributed by atoms with Gasteiger partial charge in [0.1, 0.15) is 5.60 Å². The lowest BCUT2D eigenvalue weighted by Gasteiger charge is -2.27. The van der Waals surface area contributed by atoms with Crippen LogP contribution in [0.15, 0.2) is 0 Å². The van der Waals surface area contributed by atoms with Gasteiger partial charge in [-0.05, 0) is 34.1 Å². The molecule has 0 aromatic heterocycles. The van der Waals surface area contributed by atoms with Gasteiger partial charge in [-0.25, -0.2) is 4.79 Å². The quantitative estimate of drug-likeness (QED) is 0.642. The van der Waals surface area contributed by atoms with Crippen molar-refractivity contribution >= 4 is 6.09 Å². The molecule has 1 amide bonds. The molecule has 1 aliphatic rings. The van der Waals surface area contributed by atoms with Crippen molar-refractivity contribution in [3.8, 4) is 0 Å². The van der Waals surface area contributed by atoms with Crippen molar-refractivity contribution in [1.29, 1.82) is 0 Å². The van der Waals surface area contributed by atoms with Crippen molar-refractivity contribution in [3.63, 3.8) is 0 Å². The highest BCUT2D eigenvalue weighted by molar-refractivity contribution is 5.69. The van der Waals surface area contributed by atoms with Crippen LogP contribution in [-0.4, -0.2) is 35.2 Å². The Morgan fingerprint density at radius 3 is 2.43 bits per heavy atom. The molecular weight excluding hydrogens is 180 g/mol. The van der Waals surface area contributed by atoms with Crippen molar-refractivity contribution in [2.24, 2.45) is 5.73 Å². The Balaban J connectivity index is 2.54. The SMILES string of the molecule is C[C@@H]1C(N)CCN1C(=O)OC(C)(C)C. The van der Waals surface area contributed by atoms with Gasteiger partial charge in [0.05, 0.1) is 0 Å². The summed E-state index contributed by atoms with van der Waals surface area (Å²) in [7, 11) is 0. The zero-order chi connectivity index (χ0) is 10.9. The first kappa shape index (κ1) is 11.3. The molecule has 82 valence electrons. The second-order valence-electron chi connectivity index (χ2n) is 4.87. The van der Waals surface area contributed by atoms with E-state index < -0.39 is 5.60 Å². The minimum Gasteiger partial charge on any atom is -0.444 e. The largest absolute Gasteiger partial charge is 0.444 e. The highest BCUT2D eigenvalue weighted by atomic mass is 16.6. The van der Waals surface area contributed by atoms with E-state index in [1.54, 1.807) is 4.90 Å². The summed E-state index contributed by atoms with van der Waals surface area (Å²) in [6, 6.07) is 0.173. The van der Waals surface area contributed by atoms with Gasteiger partial charge >= 0.3 is 6.09 Å². The van der Waals surface area contributed by atoms with E-state index >= 15 is 0 Å². The van der Waals surface area contributed by atoms with Crippen molar-refractivity contribution in [2.45, 2.75) is 51.8 Å². The van der Waals surface area contributed by atoms with E-state index in [1.165, 1.54) is 0 Å². The molecule has 1 unspecified atom stereocenters. The van der Waals surface area contributed by atoms with E-state index in [9.17, 15) is 4.79 Å². The zero-order valence-corrected chi connectivity index (χ0v) is 9.41. The molecule has 1 fully saturated rings. The first-order valence-corrected chi connectivity index (χ1v) is 5.06. The van der Waals surface area contributed by atoms with Crippen molar-refractivity contribution in [2.75, 3.05) is 6.54 Å². The third-order valence-electron chi connectivity index (χ3n) is 2.44. The lowest BCUT2D eigenvalue weighted by molar-refractivity contribution is 0.0234. The average molecular weight is 200 g/mol. The number of rotatable bonds is 0. The smallest absolute Gasteiger partial charge is 0.410 e. The molecule has 0 aromatic rings. The standard InChI is InChI=1S/C10H20N2O2/c1-7-8(11)5-6-12(7)9(13)14-10(2,3)4/h7-8H,5-6,11H2,1-4H3/t7-,8?/m1/s1. The number of carbonyl (C=O) groups is 1. The second kappa shape index (κ2) is 3.77. The molecule has 14 heavy (non-hydrogen) atoms. The van der Waals surface area contributed by atoms with E-state index in [4.69, 9.17) is 10.5 Å². The molecule has 0 spiro atoms. The molecule has 1 rings (SSSR count). The van der Waals surface area contributed by atoms with E-state index in [0.717, 1.165) is 6.42 Å². The number of amides is 1. The maximum atomic E-state index is 11.7. The van der Waals surface area contributed by atoms with Crippen molar-refractivity contribution < 1.29 is 9.53 Å². The number of likely N-dealkylation sites (tertiary alicyclic amines) is 1. The van der Waals surface area contributed by atoms with Gasteiger partial charge in [-0.3, -0.25) is 0 Å². The van der Waals surface area contributed by atoms with Crippen LogP contribution in [0.4, 0.5) is 4.79 Å². The minimum absolute atomic E-state index is 0.0857. The lowest BCUT2D eigenvalue weighted by atomic mass is 10.2. The molecule has 4 nitrogen and oxygen atoms in total. The first-order valence-electron chi connectivity index (χ1n) is 5.06. The van der Waals surface area contributed by atoms with Crippen molar-refractivity contribution in [1.82, 2.24) is 4.90 Å². The Morgan fingerprint density at radius 1 is 1.50 bits per heavy atom. The summed E-state index contributed by atoms with van der Waals surface area (Å²) in [5.74, 6) is 0. The summed E-state index contributed by atoms with van der Waals surface area (Å²) in [6.07, 6.45) is 0.610. The second-order valence-corrected chi connectivity index (χ2v) is 4.87. The lowest BCUT2D eigenvalue weighted by Crippen LogP contribution is -2.42. The highest BCUT2D eigenvalue weighted by Crippen LogP contribution is 2.19.